The molecular weight excluding hydrogens is 956 g/mol. The van der Waals surface area contributed by atoms with Crippen LogP contribution in [0.15, 0.2) is 96.2 Å². The first-order valence-electron chi connectivity index (χ1n) is 22.5. The third kappa shape index (κ3) is 16.7. The topological polar surface area (TPSA) is 135 Å². The molecule has 20 heteroatoms. The molecule has 0 spiro atoms. The Morgan fingerprint density at radius 2 is 1.41 bits per heavy atom. The summed E-state index contributed by atoms with van der Waals surface area (Å²) >= 11 is 9.45. The largest absolute Gasteiger partial charge is 0.378 e. The fourth-order valence-corrected chi connectivity index (χ4v) is 8.17. The molecule has 0 unspecified atom stereocenters. The monoisotopic (exact) mass is 1010 g/mol. The van der Waals surface area contributed by atoms with Gasteiger partial charge in [0, 0.05) is 48.6 Å². The minimum Gasteiger partial charge on any atom is -0.378 e. The number of rotatable bonds is 22. The molecule has 1 saturated heterocycles. The number of hydroxylamine groups is 1. The van der Waals surface area contributed by atoms with Crippen LogP contribution in [-0.2, 0) is 19.0 Å². The summed E-state index contributed by atoms with van der Waals surface area (Å²) in [4.78, 5) is 34.9. The number of fused-ring (bicyclic) bond motifs is 1. The first-order valence-corrected chi connectivity index (χ1v) is 24.7. The van der Waals surface area contributed by atoms with Crippen LogP contribution in [-0.4, -0.2) is 103 Å². The van der Waals surface area contributed by atoms with Gasteiger partial charge >= 0.3 is 0 Å². The molecule has 7 rings (SSSR count). The summed E-state index contributed by atoms with van der Waals surface area (Å²) in [5.74, 6) is -2.74. The Bertz CT molecular complexity index is 2550. The number of halogens is 5. The summed E-state index contributed by atoms with van der Waals surface area (Å²) in [7, 11) is 0. The number of aromatic nitrogens is 3. The number of benzene rings is 4. The smallest absolute Gasteiger partial charge is 0.277 e. The lowest BCUT2D eigenvalue weighted by Crippen LogP contribution is -2.44. The van der Waals surface area contributed by atoms with Crippen LogP contribution in [0, 0.1) is 30.2 Å². The molecule has 3 heterocycles. The molecule has 0 atom stereocenters. The highest BCUT2D eigenvalue weighted by Crippen LogP contribution is 2.32. The minimum absolute atomic E-state index is 0.0221. The molecular formula is C49H57ClF4N8O5S2. The van der Waals surface area contributed by atoms with Gasteiger partial charge in [-0.15, -0.1) is 0 Å². The molecule has 3 N–H and O–H groups in total. The maximum Gasteiger partial charge on any atom is 0.277 e. The fraction of sp³-hybridized carbons (Fsp3) is 0.347. The molecule has 1 amide bonds. The van der Waals surface area contributed by atoms with Gasteiger partial charge in [-0.2, -0.15) is 0 Å². The zero-order valence-corrected chi connectivity index (χ0v) is 41.5. The number of pyridine rings is 1. The van der Waals surface area contributed by atoms with E-state index in [9.17, 15) is 22.4 Å². The number of anilines is 4. The SMILES string of the molecule is CC.CC.Cc1ccc(Nc2c(C(=O)NOCCOCCOCCOCCSN3CCN(c4cnc5ccc(-c6cnc(Cl)c(NSc7ccc(F)cc7)c6)cc5n4)CC3)ccc(F)c2F)c(F)c1. The average Bonchev–Trinajstić information content (AvgIpc) is 3.37. The predicted molar refractivity (Wildman–Crippen MR) is 269 cm³/mol. The number of carbonyl (C=O) groups is 1. The highest BCUT2D eigenvalue weighted by Gasteiger charge is 2.22. The molecule has 4 aromatic carbocycles. The van der Waals surface area contributed by atoms with E-state index in [-0.39, 0.29) is 36.9 Å². The first kappa shape index (κ1) is 54.7. The van der Waals surface area contributed by atoms with E-state index in [1.165, 1.54) is 36.2 Å². The van der Waals surface area contributed by atoms with Crippen molar-refractivity contribution in [2.24, 2.45) is 0 Å². The van der Waals surface area contributed by atoms with Crippen molar-refractivity contribution in [1.82, 2.24) is 24.7 Å². The predicted octanol–water partition coefficient (Wildman–Crippen LogP) is 11.3. The second-order valence-corrected chi connectivity index (χ2v) is 16.8. The molecule has 370 valence electrons. The molecule has 0 bridgehead atoms. The van der Waals surface area contributed by atoms with Crippen molar-refractivity contribution in [3.8, 4) is 11.1 Å². The van der Waals surface area contributed by atoms with Crippen LogP contribution < -0.4 is 20.4 Å². The maximum atomic E-state index is 14.6. The summed E-state index contributed by atoms with van der Waals surface area (Å²) in [6.07, 6.45) is 3.54. The molecule has 6 aromatic rings. The standard InChI is InChI=1S/C45H45ClF4N8O5S2.2C2H6/c1-29-2-10-37(36(49)24-29)54-43-34(8-9-35(48)42(43)50)45(59)55-63-21-20-61-17-16-60-18-19-62-22-23-64-58-14-12-57(13-15-58)41-28-51-38-11-3-30(25-39(38)53-41)31-26-40(44(46)52-27-31)56-65-33-6-4-32(47)5-7-33;2*1-2/h2-11,24-28,54,56H,12-23H2,1H3,(H,55,59);2*1-2H3. The first-order chi connectivity index (χ1) is 33.6. The number of ether oxygens (including phenoxy) is 3. The normalized spacial score (nSPS) is 12.5. The Balaban J connectivity index is 0.00000216. The van der Waals surface area contributed by atoms with Crippen LogP contribution in [0.25, 0.3) is 22.2 Å². The highest BCUT2D eigenvalue weighted by atomic mass is 35.5. The van der Waals surface area contributed by atoms with Crippen LogP contribution in [0.1, 0.15) is 43.6 Å². The van der Waals surface area contributed by atoms with E-state index >= 15 is 0 Å². The number of carbonyl (C=O) groups excluding carboxylic acids is 1. The maximum absolute atomic E-state index is 14.6. The van der Waals surface area contributed by atoms with Gasteiger partial charge in [-0.25, -0.2) is 37.3 Å². The van der Waals surface area contributed by atoms with Gasteiger partial charge in [-0.1, -0.05) is 63.4 Å². The van der Waals surface area contributed by atoms with Crippen molar-refractivity contribution in [3.63, 3.8) is 0 Å². The highest BCUT2D eigenvalue weighted by molar-refractivity contribution is 8.00. The lowest BCUT2D eigenvalue weighted by atomic mass is 10.1. The minimum atomic E-state index is -1.33. The van der Waals surface area contributed by atoms with E-state index < -0.39 is 29.0 Å². The summed E-state index contributed by atoms with van der Waals surface area (Å²) in [6.45, 7) is 15.1. The van der Waals surface area contributed by atoms with Gasteiger partial charge in [0.15, 0.2) is 16.8 Å². The Kier molecular flexibility index (Phi) is 23.0. The van der Waals surface area contributed by atoms with Crippen molar-refractivity contribution in [2.75, 3.05) is 93.1 Å². The number of piperazine rings is 1. The van der Waals surface area contributed by atoms with Crippen molar-refractivity contribution >= 4 is 75.3 Å². The molecule has 1 aliphatic heterocycles. The van der Waals surface area contributed by atoms with Gasteiger partial charge in [-0.3, -0.25) is 14.6 Å². The second-order valence-electron chi connectivity index (χ2n) is 14.4. The fourth-order valence-electron chi connectivity index (χ4n) is 6.43. The number of hydrogen-bond donors (Lipinski definition) is 3. The van der Waals surface area contributed by atoms with Crippen LogP contribution in [0.4, 0.5) is 40.4 Å². The third-order valence-electron chi connectivity index (χ3n) is 9.82. The van der Waals surface area contributed by atoms with Crippen LogP contribution in [0.2, 0.25) is 5.15 Å². The number of hydrogen-bond acceptors (Lipinski definition) is 14. The van der Waals surface area contributed by atoms with Gasteiger partial charge in [0.2, 0.25) is 0 Å². The number of amides is 1. The Labute approximate surface area is 414 Å². The van der Waals surface area contributed by atoms with Gasteiger partial charge in [0.25, 0.3) is 5.91 Å². The van der Waals surface area contributed by atoms with Crippen LogP contribution in [0.5, 0.6) is 0 Å². The van der Waals surface area contributed by atoms with E-state index in [0.29, 0.717) is 42.8 Å². The Hall–Kier alpha value is -5.25. The zero-order valence-electron chi connectivity index (χ0n) is 39.1. The van der Waals surface area contributed by atoms with Crippen LogP contribution in [0.3, 0.4) is 0 Å². The third-order valence-corrected chi connectivity index (χ3v) is 12.0. The van der Waals surface area contributed by atoms with Crippen molar-refractivity contribution < 1.29 is 41.4 Å². The molecule has 2 aromatic heterocycles. The molecule has 0 aliphatic carbocycles. The Morgan fingerprint density at radius 1 is 0.710 bits per heavy atom. The molecule has 69 heavy (non-hydrogen) atoms. The van der Waals surface area contributed by atoms with Gasteiger partial charge in [0.05, 0.1) is 86.1 Å². The second kappa shape index (κ2) is 29.1. The molecule has 0 saturated carbocycles. The summed E-state index contributed by atoms with van der Waals surface area (Å²) in [5.41, 5.74) is 5.87. The van der Waals surface area contributed by atoms with Crippen molar-refractivity contribution in [2.45, 2.75) is 39.5 Å². The summed E-state index contributed by atoms with van der Waals surface area (Å²) in [5, 5.41) is 2.80. The molecule has 0 radical (unpaired) electrons. The van der Waals surface area contributed by atoms with E-state index in [1.54, 1.807) is 43.3 Å². The van der Waals surface area contributed by atoms with Gasteiger partial charge in [-0.05, 0) is 96.7 Å². The summed E-state index contributed by atoms with van der Waals surface area (Å²) < 4.78 is 78.6. The zero-order chi connectivity index (χ0) is 49.5. The molecule has 13 nitrogen and oxygen atoms in total. The lowest BCUT2D eigenvalue weighted by Gasteiger charge is -2.34. The number of aryl methyl sites for hydroxylation is 1. The van der Waals surface area contributed by atoms with E-state index in [1.807, 2.05) is 58.2 Å². The quantitative estimate of drug-likeness (QED) is 0.0196. The van der Waals surface area contributed by atoms with Crippen LogP contribution >= 0.6 is 35.5 Å². The average molecular weight is 1010 g/mol. The van der Waals surface area contributed by atoms with E-state index in [0.717, 1.165) is 76.9 Å². The van der Waals surface area contributed by atoms with Gasteiger partial charge in [0.1, 0.15) is 17.5 Å². The summed E-state index contributed by atoms with van der Waals surface area (Å²) in [6, 6.07) is 20.1. The van der Waals surface area contributed by atoms with E-state index in [2.05, 4.69) is 34.7 Å². The molecule has 1 fully saturated rings. The number of nitrogens with zero attached hydrogens (tertiary/aromatic N) is 5. The van der Waals surface area contributed by atoms with E-state index in [4.69, 9.17) is 35.6 Å². The lowest BCUT2D eigenvalue weighted by molar-refractivity contribution is -0.0193. The Morgan fingerprint density at radius 3 is 2.12 bits per heavy atom. The van der Waals surface area contributed by atoms with Gasteiger partial charge < -0.3 is 29.1 Å². The number of nitrogens with one attached hydrogen (secondary N) is 3. The molecule has 1 aliphatic rings. The van der Waals surface area contributed by atoms with Crippen molar-refractivity contribution in [3.05, 3.63) is 131 Å². The van der Waals surface area contributed by atoms with Crippen molar-refractivity contribution in [1.29, 1.82) is 0 Å².